The van der Waals surface area contributed by atoms with Crippen LogP contribution in [0.3, 0.4) is 0 Å². The predicted molar refractivity (Wildman–Crippen MR) is 107 cm³/mol. The molecule has 2 aliphatic rings. The average Bonchev–Trinajstić information content (AvgIpc) is 3.06. The van der Waals surface area contributed by atoms with Crippen LogP contribution in [0.15, 0.2) is 0 Å². The molecule has 0 aromatic carbocycles. The molecule has 2 amide bonds. The maximum Gasteiger partial charge on any atom is 0.407 e. The van der Waals surface area contributed by atoms with Crippen LogP contribution in [0.5, 0.6) is 0 Å². The highest BCUT2D eigenvalue weighted by Crippen LogP contribution is 2.39. The lowest BCUT2D eigenvalue weighted by molar-refractivity contribution is -0.136. The summed E-state index contributed by atoms with van der Waals surface area (Å²) in [4.78, 5) is 27.0. The van der Waals surface area contributed by atoms with Gasteiger partial charge in [-0.15, -0.1) is 0 Å². The second-order valence-corrected chi connectivity index (χ2v) is 15.8. The molecule has 6 nitrogen and oxygen atoms in total. The second-order valence-electron chi connectivity index (χ2n) is 10.2. The van der Waals surface area contributed by atoms with Crippen molar-refractivity contribution in [3.63, 3.8) is 0 Å². The van der Waals surface area contributed by atoms with Crippen LogP contribution in [-0.4, -0.2) is 56.3 Å². The minimum absolute atomic E-state index is 0.00537. The van der Waals surface area contributed by atoms with Gasteiger partial charge in [0.2, 0.25) is 5.91 Å². The molecule has 0 radical (unpaired) electrons. The Morgan fingerprint density at radius 3 is 2.46 bits per heavy atom. The van der Waals surface area contributed by atoms with Crippen LogP contribution in [-0.2, 0) is 9.53 Å². The summed E-state index contributed by atoms with van der Waals surface area (Å²) in [6.07, 6.45) is 2.58. The van der Waals surface area contributed by atoms with Crippen LogP contribution in [0.25, 0.3) is 0 Å². The summed E-state index contributed by atoms with van der Waals surface area (Å²) in [7, 11) is -1.22. The zero-order valence-corrected chi connectivity index (χ0v) is 18.3. The van der Waals surface area contributed by atoms with Gasteiger partial charge in [-0.3, -0.25) is 4.79 Å². The molecule has 3 N–H and O–H groups in total. The smallest absolute Gasteiger partial charge is 0.407 e. The van der Waals surface area contributed by atoms with E-state index in [1.807, 2.05) is 25.7 Å². The summed E-state index contributed by atoms with van der Waals surface area (Å²) in [5.74, 6) is 0.462. The van der Waals surface area contributed by atoms with Crippen LogP contribution in [0.1, 0.15) is 40.0 Å². The van der Waals surface area contributed by atoms with E-state index in [0.29, 0.717) is 12.5 Å². The molecule has 0 unspecified atom stereocenters. The molecule has 1 saturated carbocycles. The Morgan fingerprint density at radius 1 is 1.23 bits per heavy atom. The minimum Gasteiger partial charge on any atom is -0.450 e. The predicted octanol–water partition coefficient (Wildman–Crippen LogP) is 2.80. The van der Waals surface area contributed by atoms with Crippen molar-refractivity contribution in [2.24, 2.45) is 17.1 Å². The Hall–Kier alpha value is -1.08. The molecule has 4 atom stereocenters. The molecule has 2 fully saturated rings. The van der Waals surface area contributed by atoms with Crippen LogP contribution < -0.4 is 11.1 Å². The highest BCUT2D eigenvalue weighted by Gasteiger charge is 2.48. The standard InChI is InChI=1S/C19H37N3O3Si/c1-19(2,3)16(20)17(23)22-10-9-13-7-8-14(15(13)22)21-18(24)25-11-12-26(4,5)6/h13-16H,7-12,20H2,1-6H3,(H,21,24)/t13-,14+,15+,16-/m1/s1. The molecule has 0 aromatic rings. The van der Waals surface area contributed by atoms with Gasteiger partial charge in [-0.1, -0.05) is 40.4 Å². The number of alkyl carbamates (subject to hydrolysis) is 1. The van der Waals surface area contributed by atoms with Crippen molar-refractivity contribution < 1.29 is 14.3 Å². The van der Waals surface area contributed by atoms with Gasteiger partial charge in [0.15, 0.2) is 0 Å². The molecule has 1 heterocycles. The number of nitrogens with one attached hydrogen (secondary N) is 1. The fourth-order valence-electron chi connectivity index (χ4n) is 3.91. The first kappa shape index (κ1) is 21.2. The lowest BCUT2D eigenvalue weighted by atomic mass is 9.86. The molecule has 0 bridgehead atoms. The van der Waals surface area contributed by atoms with Gasteiger partial charge in [0.1, 0.15) is 0 Å². The van der Waals surface area contributed by atoms with Gasteiger partial charge >= 0.3 is 6.09 Å². The maximum absolute atomic E-state index is 12.9. The summed E-state index contributed by atoms with van der Waals surface area (Å²) < 4.78 is 5.38. The zero-order valence-electron chi connectivity index (χ0n) is 17.3. The maximum atomic E-state index is 12.9. The fourth-order valence-corrected chi connectivity index (χ4v) is 4.63. The van der Waals surface area contributed by atoms with Crippen molar-refractivity contribution in [3.8, 4) is 0 Å². The highest BCUT2D eigenvalue weighted by molar-refractivity contribution is 6.76. The van der Waals surface area contributed by atoms with Crippen LogP contribution in [0.4, 0.5) is 4.79 Å². The molecular formula is C19H37N3O3Si. The summed E-state index contributed by atoms with van der Waals surface area (Å²) in [6.45, 7) is 14.0. The lowest BCUT2D eigenvalue weighted by Crippen LogP contribution is -2.56. The van der Waals surface area contributed by atoms with Crippen molar-refractivity contribution in [2.75, 3.05) is 13.2 Å². The van der Waals surface area contributed by atoms with Crippen molar-refractivity contribution in [1.82, 2.24) is 10.2 Å². The zero-order chi connectivity index (χ0) is 19.7. The quantitative estimate of drug-likeness (QED) is 0.715. The van der Waals surface area contributed by atoms with E-state index in [0.717, 1.165) is 31.9 Å². The van der Waals surface area contributed by atoms with Crippen molar-refractivity contribution in [3.05, 3.63) is 0 Å². The third-order valence-corrected chi connectivity index (χ3v) is 7.42. The molecule has 1 aliphatic carbocycles. The van der Waals surface area contributed by atoms with Gasteiger partial charge in [0.05, 0.1) is 24.7 Å². The van der Waals surface area contributed by atoms with Crippen molar-refractivity contribution >= 4 is 20.1 Å². The number of amides is 2. The molecule has 26 heavy (non-hydrogen) atoms. The van der Waals surface area contributed by atoms with E-state index in [-0.39, 0.29) is 29.5 Å². The Kier molecular flexibility index (Phi) is 6.43. The molecule has 2 rings (SSSR count). The number of ether oxygens (including phenoxy) is 1. The molecule has 150 valence electrons. The van der Waals surface area contributed by atoms with Gasteiger partial charge in [0.25, 0.3) is 0 Å². The second kappa shape index (κ2) is 7.88. The number of hydrogen-bond donors (Lipinski definition) is 2. The Balaban J connectivity index is 1.94. The Bertz CT molecular complexity index is 527. The number of nitrogens with zero attached hydrogens (tertiary/aromatic N) is 1. The first-order valence-corrected chi connectivity index (χ1v) is 13.6. The number of rotatable bonds is 5. The lowest BCUT2D eigenvalue weighted by Gasteiger charge is -2.35. The van der Waals surface area contributed by atoms with E-state index in [1.165, 1.54) is 0 Å². The van der Waals surface area contributed by atoms with Gasteiger partial charge in [-0.25, -0.2) is 4.79 Å². The minimum atomic E-state index is -1.22. The topological polar surface area (TPSA) is 84.7 Å². The van der Waals surface area contributed by atoms with E-state index < -0.39 is 14.1 Å². The van der Waals surface area contributed by atoms with Crippen LogP contribution >= 0.6 is 0 Å². The van der Waals surface area contributed by atoms with Crippen LogP contribution in [0.2, 0.25) is 25.7 Å². The van der Waals surface area contributed by atoms with E-state index in [9.17, 15) is 9.59 Å². The SMILES string of the molecule is CC(C)(C)[C@H](N)C(=O)N1CC[C@H]2CC[C@H](NC(=O)OCC[Si](C)(C)C)[C@H]21. The van der Waals surface area contributed by atoms with Gasteiger partial charge in [0, 0.05) is 14.6 Å². The van der Waals surface area contributed by atoms with Gasteiger partial charge in [-0.05, 0) is 36.6 Å². The number of likely N-dealkylation sites (tertiary alicyclic amines) is 1. The van der Waals surface area contributed by atoms with Crippen molar-refractivity contribution in [2.45, 2.75) is 83.8 Å². The number of carbonyl (C=O) groups excluding carboxylic acids is 2. The first-order valence-electron chi connectivity index (χ1n) is 9.89. The summed E-state index contributed by atoms with van der Waals surface area (Å²) >= 11 is 0. The third kappa shape index (κ3) is 5.22. The van der Waals surface area contributed by atoms with E-state index in [2.05, 4.69) is 25.0 Å². The number of hydrogen-bond acceptors (Lipinski definition) is 4. The molecule has 0 spiro atoms. The van der Waals surface area contributed by atoms with E-state index in [1.54, 1.807) is 0 Å². The van der Waals surface area contributed by atoms with Crippen molar-refractivity contribution in [1.29, 1.82) is 0 Å². The summed E-state index contributed by atoms with van der Waals surface area (Å²) in [5, 5.41) is 3.02. The number of fused-ring (bicyclic) bond motifs is 1. The number of carbonyl (C=O) groups is 2. The molecular weight excluding hydrogens is 346 g/mol. The van der Waals surface area contributed by atoms with Gasteiger partial charge < -0.3 is 20.7 Å². The Labute approximate surface area is 159 Å². The first-order chi connectivity index (χ1) is 11.9. The monoisotopic (exact) mass is 383 g/mol. The average molecular weight is 384 g/mol. The van der Waals surface area contributed by atoms with E-state index >= 15 is 0 Å². The van der Waals surface area contributed by atoms with Crippen LogP contribution in [0, 0.1) is 11.3 Å². The molecule has 1 aliphatic heterocycles. The molecule has 0 aromatic heterocycles. The molecule has 7 heteroatoms. The molecule has 1 saturated heterocycles. The fraction of sp³-hybridized carbons (Fsp3) is 0.895. The Morgan fingerprint density at radius 2 is 1.88 bits per heavy atom. The van der Waals surface area contributed by atoms with Gasteiger partial charge in [-0.2, -0.15) is 0 Å². The summed E-state index contributed by atoms with van der Waals surface area (Å²) in [6, 6.07) is 0.465. The number of nitrogens with two attached hydrogens (primary N) is 1. The third-order valence-electron chi connectivity index (χ3n) is 5.71. The normalized spacial score (nSPS) is 27.2. The summed E-state index contributed by atoms with van der Waals surface area (Å²) in [5.41, 5.74) is 5.94. The van der Waals surface area contributed by atoms with E-state index in [4.69, 9.17) is 10.5 Å². The highest BCUT2D eigenvalue weighted by atomic mass is 28.3. The largest absolute Gasteiger partial charge is 0.450 e.